The summed E-state index contributed by atoms with van der Waals surface area (Å²) >= 11 is 0. The molecule has 8 N–H and O–H groups in total. The molecule has 136 valence electrons. The minimum Gasteiger partial charge on any atom is -0.394 e. The van der Waals surface area contributed by atoms with Gasteiger partial charge in [-0.15, -0.1) is 0 Å². The van der Waals surface area contributed by atoms with Gasteiger partial charge in [0.1, 0.15) is 48.8 Å². The van der Waals surface area contributed by atoms with E-state index >= 15 is 0 Å². The zero-order valence-electron chi connectivity index (χ0n) is 12.0. The van der Waals surface area contributed by atoms with Gasteiger partial charge in [0.25, 0.3) is 0 Å². The second-order valence-electron chi connectivity index (χ2n) is 5.57. The Morgan fingerprint density at radius 3 is 2.09 bits per heavy atom. The fourth-order valence-corrected chi connectivity index (χ4v) is 2.49. The summed E-state index contributed by atoms with van der Waals surface area (Å²) in [6, 6.07) is 0. The Morgan fingerprint density at radius 1 is 0.826 bits per heavy atom. The summed E-state index contributed by atoms with van der Waals surface area (Å²) in [5.74, 6) is 0. The Balaban J connectivity index is 1.90. The highest BCUT2D eigenvalue weighted by atomic mass is 16.7. The lowest BCUT2D eigenvalue weighted by Crippen LogP contribution is -2.58. The molecule has 0 saturated carbocycles. The van der Waals surface area contributed by atoms with E-state index in [9.17, 15) is 35.7 Å². The van der Waals surface area contributed by atoms with Crippen LogP contribution in [-0.4, -0.2) is 115 Å². The monoisotopic (exact) mass is 342 g/mol. The lowest BCUT2D eigenvalue weighted by molar-refractivity contribution is -0.298. The molecule has 2 saturated heterocycles. The van der Waals surface area contributed by atoms with E-state index in [2.05, 4.69) is 0 Å². The van der Waals surface area contributed by atoms with Crippen molar-refractivity contribution in [2.24, 2.45) is 0 Å². The van der Waals surface area contributed by atoms with Gasteiger partial charge in [0.15, 0.2) is 12.6 Å². The fourth-order valence-electron chi connectivity index (χ4n) is 2.49. The molecule has 0 aromatic heterocycles. The molecule has 23 heavy (non-hydrogen) atoms. The Kier molecular flexibility index (Phi) is 6.27. The van der Waals surface area contributed by atoms with Gasteiger partial charge in [-0.25, -0.2) is 0 Å². The van der Waals surface area contributed by atoms with Gasteiger partial charge in [-0.3, -0.25) is 0 Å². The molecule has 2 heterocycles. The maximum absolute atomic E-state index is 9.78. The number of ether oxygens (including phenoxy) is 3. The topological polar surface area (TPSA) is 190 Å². The van der Waals surface area contributed by atoms with Crippen LogP contribution in [0.4, 0.5) is 0 Å². The van der Waals surface area contributed by atoms with Crippen LogP contribution in [0.15, 0.2) is 0 Å². The van der Waals surface area contributed by atoms with Crippen LogP contribution >= 0.6 is 0 Å². The van der Waals surface area contributed by atoms with E-state index in [1.54, 1.807) is 0 Å². The number of aliphatic hydroxyl groups is 8. The SMILES string of the molecule is OC[C@@H](O)[C@@H]1O[C@@H](OC[C@H]2O[C@H](O)[C@@H](O)[C@@H](O)[C@@H]2O)[C@H](O)[C@H]1O. The lowest BCUT2D eigenvalue weighted by atomic mass is 9.99. The van der Waals surface area contributed by atoms with Crippen LogP contribution < -0.4 is 0 Å². The summed E-state index contributed by atoms with van der Waals surface area (Å²) in [5.41, 5.74) is 0. The molecule has 2 aliphatic heterocycles. The third-order valence-corrected chi connectivity index (χ3v) is 3.93. The second-order valence-corrected chi connectivity index (χ2v) is 5.57. The van der Waals surface area contributed by atoms with Crippen molar-refractivity contribution in [1.29, 1.82) is 0 Å². The van der Waals surface area contributed by atoms with Gasteiger partial charge in [0.05, 0.1) is 13.2 Å². The highest BCUT2D eigenvalue weighted by Gasteiger charge is 2.48. The van der Waals surface area contributed by atoms with Crippen molar-refractivity contribution in [3.8, 4) is 0 Å². The summed E-state index contributed by atoms with van der Waals surface area (Å²) in [7, 11) is 0. The zero-order chi connectivity index (χ0) is 17.3. The molecular formula is C12H22O11. The van der Waals surface area contributed by atoms with Crippen molar-refractivity contribution in [1.82, 2.24) is 0 Å². The Morgan fingerprint density at radius 2 is 1.48 bits per heavy atom. The first-order valence-electron chi connectivity index (χ1n) is 7.07. The number of aliphatic hydroxyl groups excluding tert-OH is 8. The summed E-state index contributed by atoms with van der Waals surface area (Å²) in [6.45, 7) is -1.14. The Hall–Kier alpha value is -0.440. The first-order valence-corrected chi connectivity index (χ1v) is 7.07. The fraction of sp³-hybridized carbons (Fsp3) is 1.00. The summed E-state index contributed by atoms with van der Waals surface area (Å²) in [5, 5.41) is 75.8. The standard InChI is InChI=1S/C12H22O11/c13-1-3(14)10-7(17)9(19)12(23-10)21-2-4-5(15)6(16)8(18)11(20)22-4/h3-20H,1-2H2/t3-,4-,5-,6+,7-,8+,9-,10+,11+,12-/m1/s1. The molecule has 0 aromatic carbocycles. The summed E-state index contributed by atoms with van der Waals surface area (Å²) < 4.78 is 15.1. The highest BCUT2D eigenvalue weighted by Crippen LogP contribution is 2.26. The predicted octanol–water partition coefficient (Wildman–Crippen LogP) is -5.40. The van der Waals surface area contributed by atoms with Crippen LogP contribution in [-0.2, 0) is 14.2 Å². The molecule has 0 amide bonds. The van der Waals surface area contributed by atoms with E-state index in [-0.39, 0.29) is 0 Å². The molecule has 0 aliphatic carbocycles. The van der Waals surface area contributed by atoms with Crippen molar-refractivity contribution in [2.45, 2.75) is 61.4 Å². The van der Waals surface area contributed by atoms with Gasteiger partial charge in [-0.2, -0.15) is 0 Å². The van der Waals surface area contributed by atoms with Gasteiger partial charge in [0, 0.05) is 0 Å². The molecule has 2 fully saturated rings. The smallest absolute Gasteiger partial charge is 0.186 e. The van der Waals surface area contributed by atoms with E-state index in [0.29, 0.717) is 0 Å². The average molecular weight is 342 g/mol. The second kappa shape index (κ2) is 7.63. The maximum Gasteiger partial charge on any atom is 0.186 e. The van der Waals surface area contributed by atoms with Gasteiger partial charge in [-0.1, -0.05) is 0 Å². The van der Waals surface area contributed by atoms with E-state index in [0.717, 1.165) is 0 Å². The molecule has 0 unspecified atom stereocenters. The average Bonchev–Trinajstić information content (AvgIpc) is 2.82. The third kappa shape index (κ3) is 3.81. The van der Waals surface area contributed by atoms with Gasteiger partial charge < -0.3 is 55.1 Å². The molecule has 0 bridgehead atoms. The van der Waals surface area contributed by atoms with Crippen molar-refractivity contribution in [3.63, 3.8) is 0 Å². The van der Waals surface area contributed by atoms with E-state index in [1.165, 1.54) is 0 Å². The Labute approximate surface area is 130 Å². The van der Waals surface area contributed by atoms with Crippen LogP contribution in [0.3, 0.4) is 0 Å². The predicted molar refractivity (Wildman–Crippen MR) is 68.6 cm³/mol. The molecule has 11 nitrogen and oxygen atoms in total. The van der Waals surface area contributed by atoms with Crippen LogP contribution in [0.1, 0.15) is 0 Å². The lowest BCUT2D eigenvalue weighted by Gasteiger charge is -2.38. The minimum atomic E-state index is -1.73. The molecule has 0 radical (unpaired) electrons. The highest BCUT2D eigenvalue weighted by molar-refractivity contribution is 4.92. The van der Waals surface area contributed by atoms with Crippen LogP contribution in [0.2, 0.25) is 0 Å². The Bertz CT molecular complexity index is 382. The van der Waals surface area contributed by atoms with E-state index < -0.39 is 74.6 Å². The van der Waals surface area contributed by atoms with Gasteiger partial charge >= 0.3 is 0 Å². The summed E-state index contributed by atoms with van der Waals surface area (Å²) in [4.78, 5) is 0. The van der Waals surface area contributed by atoms with Crippen molar-refractivity contribution in [2.75, 3.05) is 13.2 Å². The molecule has 0 aromatic rings. The third-order valence-electron chi connectivity index (χ3n) is 3.93. The maximum atomic E-state index is 9.78. The normalized spacial score (nSPS) is 49.3. The van der Waals surface area contributed by atoms with Crippen LogP contribution in [0.25, 0.3) is 0 Å². The first-order chi connectivity index (χ1) is 10.8. The van der Waals surface area contributed by atoms with Gasteiger partial charge in [-0.05, 0) is 0 Å². The molecular weight excluding hydrogens is 320 g/mol. The summed E-state index contributed by atoms with van der Waals surface area (Å²) in [6.07, 6.45) is -15.0. The van der Waals surface area contributed by atoms with Crippen molar-refractivity contribution in [3.05, 3.63) is 0 Å². The van der Waals surface area contributed by atoms with E-state index in [1.807, 2.05) is 0 Å². The molecule has 10 atom stereocenters. The molecule has 2 rings (SSSR count). The van der Waals surface area contributed by atoms with Gasteiger partial charge in [0.2, 0.25) is 0 Å². The molecule has 11 heteroatoms. The number of rotatable bonds is 5. The quantitative estimate of drug-likeness (QED) is 0.238. The first kappa shape index (κ1) is 18.9. The molecule has 2 aliphatic rings. The largest absolute Gasteiger partial charge is 0.394 e. The van der Waals surface area contributed by atoms with Crippen LogP contribution in [0, 0.1) is 0 Å². The number of hydrogen-bond donors (Lipinski definition) is 8. The van der Waals surface area contributed by atoms with Crippen molar-refractivity contribution >= 4 is 0 Å². The number of hydrogen-bond acceptors (Lipinski definition) is 11. The zero-order valence-corrected chi connectivity index (χ0v) is 12.0. The minimum absolute atomic E-state index is 0.446. The van der Waals surface area contributed by atoms with E-state index in [4.69, 9.17) is 19.3 Å². The van der Waals surface area contributed by atoms with Crippen LogP contribution in [0.5, 0.6) is 0 Å². The van der Waals surface area contributed by atoms with Crippen molar-refractivity contribution < 1.29 is 55.1 Å². The molecule has 0 spiro atoms.